The Morgan fingerprint density at radius 2 is 2.12 bits per heavy atom. The van der Waals surface area contributed by atoms with Crippen LogP contribution in [0.3, 0.4) is 0 Å². The van der Waals surface area contributed by atoms with E-state index in [0.29, 0.717) is 12.2 Å². The van der Waals surface area contributed by atoms with Gasteiger partial charge in [0.15, 0.2) is 11.6 Å². The van der Waals surface area contributed by atoms with Gasteiger partial charge in [-0.2, -0.15) is 0 Å². The van der Waals surface area contributed by atoms with E-state index in [-0.39, 0.29) is 10.5 Å². The fourth-order valence-corrected chi connectivity index (χ4v) is 2.24. The molecule has 1 unspecified atom stereocenters. The summed E-state index contributed by atoms with van der Waals surface area (Å²) in [5.41, 5.74) is 0.342. The van der Waals surface area contributed by atoms with Gasteiger partial charge >= 0.3 is 0 Å². The Bertz CT molecular complexity index is 398. The lowest BCUT2D eigenvalue weighted by atomic mass is 10.1. The molecule has 16 heavy (non-hydrogen) atoms. The van der Waals surface area contributed by atoms with Crippen LogP contribution in [0, 0.1) is 11.6 Å². The van der Waals surface area contributed by atoms with Crippen molar-refractivity contribution in [2.75, 3.05) is 24.5 Å². The number of hydrogen-bond donors (Lipinski definition) is 1. The highest BCUT2D eigenvalue weighted by molar-refractivity contribution is 9.10. The normalized spacial score (nSPS) is 21.2. The zero-order valence-electron chi connectivity index (χ0n) is 8.93. The predicted molar refractivity (Wildman–Crippen MR) is 63.7 cm³/mol. The molecular formula is C11H13BrF2N2. The third kappa shape index (κ3) is 2.06. The largest absolute Gasteiger partial charge is 0.364 e. The van der Waals surface area contributed by atoms with Crippen LogP contribution in [-0.2, 0) is 0 Å². The van der Waals surface area contributed by atoms with E-state index < -0.39 is 11.6 Å². The lowest BCUT2D eigenvalue weighted by molar-refractivity contribution is 0.470. The van der Waals surface area contributed by atoms with E-state index in [1.165, 1.54) is 0 Å². The first kappa shape index (κ1) is 11.8. The molecular weight excluding hydrogens is 278 g/mol. The highest BCUT2D eigenvalue weighted by Gasteiger charge is 2.23. The minimum absolute atomic E-state index is 0.163. The highest BCUT2D eigenvalue weighted by Crippen LogP contribution is 2.28. The van der Waals surface area contributed by atoms with Crippen molar-refractivity contribution < 1.29 is 8.78 Å². The zero-order chi connectivity index (χ0) is 11.7. The molecule has 0 aromatic heterocycles. The summed E-state index contributed by atoms with van der Waals surface area (Å²) in [7, 11) is 0. The second-order valence-electron chi connectivity index (χ2n) is 3.94. The van der Waals surface area contributed by atoms with E-state index in [1.807, 2.05) is 11.8 Å². The van der Waals surface area contributed by atoms with Gasteiger partial charge in [0, 0.05) is 25.7 Å². The van der Waals surface area contributed by atoms with E-state index in [0.717, 1.165) is 13.1 Å². The fourth-order valence-electron chi connectivity index (χ4n) is 1.94. The molecule has 1 saturated heterocycles. The number of piperazine rings is 1. The van der Waals surface area contributed by atoms with Crippen molar-refractivity contribution >= 4 is 21.6 Å². The first-order chi connectivity index (χ1) is 7.61. The second kappa shape index (κ2) is 4.67. The van der Waals surface area contributed by atoms with Crippen LogP contribution in [0.15, 0.2) is 16.6 Å². The maximum absolute atomic E-state index is 13.8. The minimum atomic E-state index is -0.816. The molecule has 2 rings (SSSR count). The van der Waals surface area contributed by atoms with Gasteiger partial charge in [0.2, 0.25) is 0 Å². The molecule has 0 radical (unpaired) electrons. The summed E-state index contributed by atoms with van der Waals surface area (Å²) in [6.45, 7) is 4.27. The molecule has 1 aliphatic rings. The Labute approximate surface area is 102 Å². The summed E-state index contributed by atoms with van der Waals surface area (Å²) in [4.78, 5) is 1.89. The molecule has 5 heteroatoms. The van der Waals surface area contributed by atoms with Crippen molar-refractivity contribution in [2.45, 2.75) is 13.0 Å². The Morgan fingerprint density at radius 3 is 2.81 bits per heavy atom. The number of rotatable bonds is 1. The number of halogens is 3. The Hall–Kier alpha value is -0.680. The molecule has 0 bridgehead atoms. The number of hydrogen-bond acceptors (Lipinski definition) is 2. The van der Waals surface area contributed by atoms with Crippen molar-refractivity contribution in [1.29, 1.82) is 0 Å². The lowest BCUT2D eigenvalue weighted by Crippen LogP contribution is -2.50. The molecule has 0 spiro atoms. The van der Waals surface area contributed by atoms with E-state index in [1.54, 1.807) is 12.1 Å². The minimum Gasteiger partial charge on any atom is -0.364 e. The predicted octanol–water partition coefficient (Wildman–Crippen LogP) is 2.53. The highest BCUT2D eigenvalue weighted by atomic mass is 79.9. The number of anilines is 1. The van der Waals surface area contributed by atoms with Gasteiger partial charge in [0.25, 0.3) is 0 Å². The molecule has 1 atom stereocenters. The summed E-state index contributed by atoms with van der Waals surface area (Å²) in [6, 6.07) is 3.33. The Balaban J connectivity index is 2.36. The molecule has 1 fully saturated rings. The van der Waals surface area contributed by atoms with Gasteiger partial charge in [-0.25, -0.2) is 8.78 Å². The van der Waals surface area contributed by atoms with Crippen LogP contribution in [0.2, 0.25) is 0 Å². The molecule has 1 heterocycles. The van der Waals surface area contributed by atoms with Gasteiger partial charge in [-0.1, -0.05) is 0 Å². The van der Waals surface area contributed by atoms with Gasteiger partial charge in [0.1, 0.15) is 0 Å². The Kier molecular flexibility index (Phi) is 3.44. The molecule has 0 aliphatic carbocycles. The molecule has 88 valence electrons. The molecule has 1 aromatic carbocycles. The lowest BCUT2D eigenvalue weighted by Gasteiger charge is -2.36. The third-order valence-electron chi connectivity index (χ3n) is 2.83. The molecule has 0 saturated carbocycles. The molecule has 1 aliphatic heterocycles. The smallest absolute Gasteiger partial charge is 0.183 e. The molecule has 1 aromatic rings. The standard InChI is InChI=1S/C11H13BrF2N2/c1-7-6-15-4-5-16(7)9-3-2-8(12)10(13)11(9)14/h2-3,7,15H,4-6H2,1H3. The quantitative estimate of drug-likeness (QED) is 0.800. The van der Waals surface area contributed by atoms with Crippen LogP contribution < -0.4 is 10.2 Å². The summed E-state index contributed by atoms with van der Waals surface area (Å²) >= 11 is 2.97. The average Bonchev–Trinajstić information content (AvgIpc) is 2.28. The third-order valence-corrected chi connectivity index (χ3v) is 3.44. The summed E-state index contributed by atoms with van der Waals surface area (Å²) in [5.74, 6) is -1.59. The maximum atomic E-state index is 13.8. The van der Waals surface area contributed by atoms with E-state index in [4.69, 9.17) is 0 Å². The van der Waals surface area contributed by atoms with Crippen LogP contribution in [0.5, 0.6) is 0 Å². The van der Waals surface area contributed by atoms with Crippen LogP contribution in [0.25, 0.3) is 0 Å². The monoisotopic (exact) mass is 290 g/mol. The first-order valence-electron chi connectivity index (χ1n) is 5.22. The summed E-state index contributed by atoms with van der Waals surface area (Å²) < 4.78 is 27.3. The topological polar surface area (TPSA) is 15.3 Å². The van der Waals surface area contributed by atoms with Crippen LogP contribution >= 0.6 is 15.9 Å². The van der Waals surface area contributed by atoms with Crippen molar-refractivity contribution in [1.82, 2.24) is 5.32 Å². The van der Waals surface area contributed by atoms with Crippen LogP contribution in [0.4, 0.5) is 14.5 Å². The van der Waals surface area contributed by atoms with E-state index in [2.05, 4.69) is 21.2 Å². The zero-order valence-corrected chi connectivity index (χ0v) is 10.5. The van der Waals surface area contributed by atoms with Gasteiger partial charge < -0.3 is 10.2 Å². The van der Waals surface area contributed by atoms with Crippen molar-refractivity contribution in [3.05, 3.63) is 28.2 Å². The van der Waals surface area contributed by atoms with Crippen molar-refractivity contribution in [3.8, 4) is 0 Å². The summed E-state index contributed by atoms with van der Waals surface area (Å²) in [5, 5.41) is 3.21. The van der Waals surface area contributed by atoms with Crippen LogP contribution in [-0.4, -0.2) is 25.7 Å². The van der Waals surface area contributed by atoms with Gasteiger partial charge in [0.05, 0.1) is 10.2 Å². The maximum Gasteiger partial charge on any atom is 0.183 e. The SMILES string of the molecule is CC1CNCCN1c1ccc(Br)c(F)c1F. The number of nitrogens with one attached hydrogen (secondary N) is 1. The average molecular weight is 291 g/mol. The fraction of sp³-hybridized carbons (Fsp3) is 0.455. The van der Waals surface area contributed by atoms with Gasteiger partial charge in [-0.3, -0.25) is 0 Å². The van der Waals surface area contributed by atoms with Crippen LogP contribution in [0.1, 0.15) is 6.92 Å². The second-order valence-corrected chi connectivity index (χ2v) is 4.80. The molecule has 1 N–H and O–H groups in total. The molecule has 2 nitrogen and oxygen atoms in total. The Morgan fingerprint density at radius 1 is 1.38 bits per heavy atom. The number of nitrogens with zero attached hydrogens (tertiary/aromatic N) is 1. The van der Waals surface area contributed by atoms with Crippen molar-refractivity contribution in [2.24, 2.45) is 0 Å². The number of benzene rings is 1. The van der Waals surface area contributed by atoms with E-state index in [9.17, 15) is 8.78 Å². The van der Waals surface area contributed by atoms with Gasteiger partial charge in [-0.05, 0) is 35.0 Å². The van der Waals surface area contributed by atoms with E-state index >= 15 is 0 Å². The molecule has 0 amide bonds. The summed E-state index contributed by atoms with van der Waals surface area (Å²) in [6.07, 6.45) is 0. The van der Waals surface area contributed by atoms with Crippen molar-refractivity contribution in [3.63, 3.8) is 0 Å². The van der Waals surface area contributed by atoms with Gasteiger partial charge in [-0.15, -0.1) is 0 Å². The first-order valence-corrected chi connectivity index (χ1v) is 6.01.